The van der Waals surface area contributed by atoms with Crippen LogP contribution in [0.3, 0.4) is 0 Å². The fraction of sp³-hybridized carbons (Fsp3) is 0.125. The van der Waals surface area contributed by atoms with E-state index in [1.165, 1.54) is 16.5 Å². The molecule has 7 heteroatoms. The van der Waals surface area contributed by atoms with Crippen molar-refractivity contribution in [2.24, 2.45) is 0 Å². The number of aliphatic hydroxyl groups is 1. The molecule has 23 heavy (non-hydrogen) atoms. The van der Waals surface area contributed by atoms with E-state index < -0.39 is 6.61 Å². The lowest BCUT2D eigenvalue weighted by molar-refractivity contribution is 0.280. The summed E-state index contributed by atoms with van der Waals surface area (Å²) in [4.78, 5) is 16.9. The number of nitrogens with one attached hydrogen (secondary N) is 1. The van der Waals surface area contributed by atoms with Crippen LogP contribution in [0.15, 0.2) is 41.3 Å². The molecule has 0 bridgehead atoms. The number of rotatable bonds is 3. The highest BCUT2D eigenvalue weighted by molar-refractivity contribution is 6.32. The van der Waals surface area contributed by atoms with Crippen molar-refractivity contribution in [1.29, 1.82) is 0 Å². The number of aryl methyl sites for hydroxylation is 1. The quantitative estimate of drug-likeness (QED) is 0.642. The number of fused-ring (bicyclic) bond motifs is 1. The number of halogens is 1. The molecule has 0 saturated carbocycles. The number of hydrogen-bond acceptors (Lipinski definition) is 5. The van der Waals surface area contributed by atoms with Crippen LogP contribution in [0.4, 0.5) is 11.5 Å². The third-order valence-corrected chi connectivity index (χ3v) is 3.81. The Hall–Kier alpha value is -2.57. The van der Waals surface area contributed by atoms with E-state index in [-0.39, 0.29) is 27.7 Å². The molecule has 3 aromatic rings. The van der Waals surface area contributed by atoms with Crippen molar-refractivity contribution in [1.82, 2.24) is 9.38 Å². The summed E-state index contributed by atoms with van der Waals surface area (Å²) >= 11 is 5.88. The highest BCUT2D eigenvalue weighted by Crippen LogP contribution is 2.28. The van der Waals surface area contributed by atoms with Gasteiger partial charge in [0.15, 0.2) is 0 Å². The molecule has 0 saturated heterocycles. The van der Waals surface area contributed by atoms with Gasteiger partial charge in [0.2, 0.25) is 0 Å². The summed E-state index contributed by atoms with van der Waals surface area (Å²) in [6.07, 6.45) is 1.61. The van der Waals surface area contributed by atoms with Crippen LogP contribution < -0.4 is 10.9 Å². The molecule has 0 fully saturated rings. The number of hydrogen-bond donors (Lipinski definition) is 3. The molecule has 1 aromatic carbocycles. The Morgan fingerprint density at radius 2 is 2.13 bits per heavy atom. The molecule has 0 radical (unpaired) electrons. The van der Waals surface area contributed by atoms with Crippen LogP contribution in [0.25, 0.3) is 5.65 Å². The van der Waals surface area contributed by atoms with Gasteiger partial charge in [0.05, 0.1) is 17.2 Å². The van der Waals surface area contributed by atoms with E-state index in [0.717, 1.165) is 5.56 Å². The zero-order chi connectivity index (χ0) is 16.6. The Morgan fingerprint density at radius 1 is 1.35 bits per heavy atom. The summed E-state index contributed by atoms with van der Waals surface area (Å²) in [7, 11) is 0. The van der Waals surface area contributed by atoms with Gasteiger partial charge in [-0.3, -0.25) is 9.20 Å². The smallest absolute Gasteiger partial charge is 0.265 e. The Balaban J connectivity index is 2.18. The molecule has 3 N–H and O–H groups in total. The Kier molecular flexibility index (Phi) is 3.94. The number of benzene rings is 1. The third kappa shape index (κ3) is 2.74. The maximum atomic E-state index is 12.5. The van der Waals surface area contributed by atoms with Crippen LogP contribution in [-0.4, -0.2) is 19.6 Å². The topological polar surface area (TPSA) is 86.9 Å². The summed E-state index contributed by atoms with van der Waals surface area (Å²) in [5.74, 6) is 0.218. The molecule has 0 aliphatic rings. The van der Waals surface area contributed by atoms with Gasteiger partial charge in [0.25, 0.3) is 5.56 Å². The number of nitrogens with zero attached hydrogens (tertiary/aromatic N) is 2. The minimum Gasteiger partial charge on any atom is -0.506 e. The van der Waals surface area contributed by atoms with Crippen molar-refractivity contribution in [3.05, 3.63) is 63.0 Å². The number of phenolic OH excluding ortho intramolecular Hbond substituents is 1. The molecule has 0 unspecified atom stereocenters. The highest BCUT2D eigenvalue weighted by atomic mass is 35.5. The summed E-state index contributed by atoms with van der Waals surface area (Å²) in [5, 5.41) is 22.2. The van der Waals surface area contributed by atoms with Crippen molar-refractivity contribution in [2.45, 2.75) is 13.5 Å². The fourth-order valence-corrected chi connectivity index (χ4v) is 2.48. The summed E-state index contributed by atoms with van der Waals surface area (Å²) in [6, 6.07) is 8.15. The van der Waals surface area contributed by atoms with Gasteiger partial charge < -0.3 is 15.5 Å². The van der Waals surface area contributed by atoms with Crippen LogP contribution in [0, 0.1) is 6.92 Å². The lowest BCUT2D eigenvalue weighted by Gasteiger charge is -2.12. The molecule has 0 amide bonds. The van der Waals surface area contributed by atoms with E-state index >= 15 is 0 Å². The van der Waals surface area contributed by atoms with E-state index in [1.807, 2.05) is 13.0 Å². The summed E-state index contributed by atoms with van der Waals surface area (Å²) in [6.45, 7) is 1.40. The molecule has 118 valence electrons. The lowest BCUT2D eigenvalue weighted by Crippen LogP contribution is -2.22. The standard InChI is InChI=1S/C16H14ClN3O3/c1-9-3-2-6-20-15(9)19-14(11(8-21)16(20)23)18-10-4-5-13(22)12(17)7-10/h2-7,18,21-22H,8H2,1H3. The van der Waals surface area contributed by atoms with Gasteiger partial charge in [-0.15, -0.1) is 0 Å². The lowest BCUT2D eigenvalue weighted by atomic mass is 10.2. The van der Waals surface area contributed by atoms with Gasteiger partial charge in [-0.25, -0.2) is 4.98 Å². The minimum atomic E-state index is -0.448. The third-order valence-electron chi connectivity index (χ3n) is 3.51. The second-order valence-electron chi connectivity index (χ2n) is 5.08. The number of phenols is 1. The van der Waals surface area contributed by atoms with Crippen molar-refractivity contribution < 1.29 is 10.2 Å². The largest absolute Gasteiger partial charge is 0.506 e. The molecule has 2 heterocycles. The molecule has 0 spiro atoms. The fourth-order valence-electron chi connectivity index (χ4n) is 2.30. The van der Waals surface area contributed by atoms with Gasteiger partial charge in [-0.2, -0.15) is 0 Å². The van der Waals surface area contributed by atoms with Crippen LogP contribution >= 0.6 is 11.6 Å². The van der Waals surface area contributed by atoms with E-state index in [9.17, 15) is 15.0 Å². The van der Waals surface area contributed by atoms with Crippen molar-refractivity contribution in [3.8, 4) is 5.75 Å². The summed E-state index contributed by atoms with van der Waals surface area (Å²) in [5.41, 5.74) is 1.70. The molecular formula is C16H14ClN3O3. The maximum Gasteiger partial charge on any atom is 0.265 e. The van der Waals surface area contributed by atoms with E-state index in [1.54, 1.807) is 18.3 Å². The number of aromatic nitrogens is 2. The SMILES string of the molecule is Cc1cccn2c(=O)c(CO)c(Nc3ccc(O)c(Cl)c3)nc12. The van der Waals surface area contributed by atoms with Gasteiger partial charge in [0, 0.05) is 11.9 Å². The molecule has 6 nitrogen and oxygen atoms in total. The maximum absolute atomic E-state index is 12.5. The minimum absolute atomic E-state index is 0.0398. The van der Waals surface area contributed by atoms with E-state index in [0.29, 0.717) is 11.3 Å². The number of aromatic hydroxyl groups is 1. The summed E-state index contributed by atoms with van der Waals surface area (Å²) < 4.78 is 1.40. The predicted molar refractivity (Wildman–Crippen MR) is 88.5 cm³/mol. The number of anilines is 2. The van der Waals surface area contributed by atoms with Crippen molar-refractivity contribution >= 4 is 28.8 Å². The Morgan fingerprint density at radius 3 is 2.83 bits per heavy atom. The Bertz CT molecular complexity index is 953. The first-order valence-electron chi connectivity index (χ1n) is 6.88. The van der Waals surface area contributed by atoms with Crippen molar-refractivity contribution in [2.75, 3.05) is 5.32 Å². The normalized spacial score (nSPS) is 10.9. The molecular weight excluding hydrogens is 318 g/mol. The first kappa shape index (κ1) is 15.3. The monoisotopic (exact) mass is 331 g/mol. The molecule has 0 atom stereocenters. The molecule has 0 aliphatic heterocycles. The predicted octanol–water partition coefficient (Wildman–Crippen LogP) is 2.60. The van der Waals surface area contributed by atoms with Crippen LogP contribution in [0.2, 0.25) is 5.02 Å². The van der Waals surface area contributed by atoms with Crippen molar-refractivity contribution in [3.63, 3.8) is 0 Å². The first-order valence-corrected chi connectivity index (χ1v) is 7.26. The van der Waals surface area contributed by atoms with E-state index in [4.69, 9.17) is 11.6 Å². The van der Waals surface area contributed by atoms with Crippen LogP contribution in [-0.2, 0) is 6.61 Å². The molecule has 3 rings (SSSR count). The van der Waals surface area contributed by atoms with Gasteiger partial charge in [-0.05, 0) is 36.8 Å². The molecule has 0 aliphatic carbocycles. The van der Waals surface area contributed by atoms with Crippen LogP contribution in [0.1, 0.15) is 11.1 Å². The number of aliphatic hydroxyl groups excluding tert-OH is 1. The second kappa shape index (κ2) is 5.91. The average Bonchev–Trinajstić information content (AvgIpc) is 2.52. The first-order chi connectivity index (χ1) is 11.0. The van der Waals surface area contributed by atoms with E-state index in [2.05, 4.69) is 10.3 Å². The highest BCUT2D eigenvalue weighted by Gasteiger charge is 2.13. The van der Waals surface area contributed by atoms with Crippen LogP contribution in [0.5, 0.6) is 5.75 Å². The van der Waals surface area contributed by atoms with Gasteiger partial charge >= 0.3 is 0 Å². The second-order valence-corrected chi connectivity index (χ2v) is 5.49. The van der Waals surface area contributed by atoms with Gasteiger partial charge in [0.1, 0.15) is 17.2 Å². The zero-order valence-electron chi connectivity index (χ0n) is 12.2. The Labute approximate surface area is 136 Å². The molecule has 2 aromatic heterocycles. The van der Waals surface area contributed by atoms with Gasteiger partial charge in [-0.1, -0.05) is 17.7 Å². The average molecular weight is 332 g/mol. The number of pyridine rings is 1. The zero-order valence-corrected chi connectivity index (χ0v) is 13.0.